The molecule has 0 radical (unpaired) electrons. The molecule has 0 fully saturated rings. The maximum atomic E-state index is 13.2. The van der Waals surface area contributed by atoms with E-state index in [-0.39, 0.29) is 12.7 Å². The third-order valence-corrected chi connectivity index (χ3v) is 6.09. The van der Waals surface area contributed by atoms with Crippen LogP contribution in [0.25, 0.3) is 0 Å². The van der Waals surface area contributed by atoms with Crippen LogP contribution in [0.15, 0.2) is 72.2 Å². The molecule has 0 spiro atoms. The quantitative estimate of drug-likeness (QED) is 0.359. The van der Waals surface area contributed by atoms with Gasteiger partial charge in [-0.25, -0.2) is 4.98 Å². The SMILES string of the molecule is Cc1nc(C(=O)N(Cc2cccc(OCc3ccc4c(c3)OCO4)c2)Cc2ccccn2)cs1. The number of carbonyl (C=O) groups excluding carboxylic acids is 1. The summed E-state index contributed by atoms with van der Waals surface area (Å²) in [4.78, 5) is 23.8. The third-order valence-electron chi connectivity index (χ3n) is 5.32. The minimum Gasteiger partial charge on any atom is -0.489 e. The second kappa shape index (κ2) is 9.93. The van der Waals surface area contributed by atoms with Crippen LogP contribution in [0.2, 0.25) is 0 Å². The fraction of sp³-hybridized carbons (Fsp3) is 0.192. The van der Waals surface area contributed by atoms with Gasteiger partial charge in [0.2, 0.25) is 6.79 Å². The molecule has 4 aromatic rings. The van der Waals surface area contributed by atoms with Gasteiger partial charge in [-0.05, 0) is 54.4 Å². The van der Waals surface area contributed by atoms with Crippen LogP contribution in [0.3, 0.4) is 0 Å². The number of pyridine rings is 1. The molecule has 0 bridgehead atoms. The summed E-state index contributed by atoms with van der Waals surface area (Å²) >= 11 is 1.47. The Hall–Kier alpha value is -3.91. The lowest BCUT2D eigenvalue weighted by atomic mass is 10.1. The van der Waals surface area contributed by atoms with E-state index in [2.05, 4.69) is 9.97 Å². The lowest BCUT2D eigenvalue weighted by molar-refractivity contribution is 0.0722. The molecule has 2 aromatic heterocycles. The monoisotopic (exact) mass is 473 g/mol. The molecule has 5 rings (SSSR count). The van der Waals surface area contributed by atoms with Gasteiger partial charge in [0, 0.05) is 18.1 Å². The normalized spacial score (nSPS) is 11.9. The molecule has 8 heteroatoms. The van der Waals surface area contributed by atoms with Crippen LogP contribution in [0, 0.1) is 6.92 Å². The molecular weight excluding hydrogens is 450 g/mol. The predicted molar refractivity (Wildman–Crippen MR) is 128 cm³/mol. The Kier molecular flexibility index (Phi) is 6.40. The van der Waals surface area contributed by atoms with E-state index in [9.17, 15) is 4.79 Å². The number of rotatable bonds is 8. The summed E-state index contributed by atoms with van der Waals surface area (Å²) < 4.78 is 16.8. The molecule has 0 aliphatic carbocycles. The van der Waals surface area contributed by atoms with Crippen LogP contribution < -0.4 is 14.2 Å². The van der Waals surface area contributed by atoms with Gasteiger partial charge in [0.1, 0.15) is 18.1 Å². The van der Waals surface area contributed by atoms with Crippen molar-refractivity contribution in [3.05, 3.63) is 99.8 Å². The number of nitrogens with zero attached hydrogens (tertiary/aromatic N) is 3. The van der Waals surface area contributed by atoms with E-state index in [1.165, 1.54) is 11.3 Å². The highest BCUT2D eigenvalue weighted by Gasteiger charge is 2.20. The van der Waals surface area contributed by atoms with Gasteiger partial charge >= 0.3 is 0 Å². The van der Waals surface area contributed by atoms with E-state index < -0.39 is 0 Å². The van der Waals surface area contributed by atoms with Crippen molar-refractivity contribution in [1.82, 2.24) is 14.9 Å². The summed E-state index contributed by atoms with van der Waals surface area (Å²) in [6, 6.07) is 19.2. The summed E-state index contributed by atoms with van der Waals surface area (Å²) in [5, 5.41) is 2.66. The van der Waals surface area contributed by atoms with Gasteiger partial charge in [0.25, 0.3) is 5.91 Å². The van der Waals surface area contributed by atoms with E-state index in [1.54, 1.807) is 16.5 Å². The molecule has 0 atom stereocenters. The lowest BCUT2D eigenvalue weighted by Gasteiger charge is -2.22. The van der Waals surface area contributed by atoms with Crippen LogP contribution in [0.4, 0.5) is 0 Å². The minimum absolute atomic E-state index is 0.123. The maximum absolute atomic E-state index is 13.2. The third kappa shape index (κ3) is 5.18. The van der Waals surface area contributed by atoms with Crippen LogP contribution in [-0.4, -0.2) is 27.6 Å². The zero-order valence-electron chi connectivity index (χ0n) is 18.6. The minimum atomic E-state index is -0.123. The number of benzene rings is 2. The molecular formula is C26H23N3O4S. The Balaban J connectivity index is 1.30. The van der Waals surface area contributed by atoms with Crippen molar-refractivity contribution in [2.45, 2.75) is 26.6 Å². The Morgan fingerprint density at radius 2 is 1.94 bits per heavy atom. The van der Waals surface area contributed by atoms with E-state index in [4.69, 9.17) is 14.2 Å². The van der Waals surface area contributed by atoms with Crippen molar-refractivity contribution in [2.75, 3.05) is 6.79 Å². The number of aryl methyl sites for hydroxylation is 1. The van der Waals surface area contributed by atoms with E-state index in [0.29, 0.717) is 25.4 Å². The zero-order chi connectivity index (χ0) is 23.3. The number of hydrogen-bond donors (Lipinski definition) is 0. The molecule has 1 aliphatic heterocycles. The molecule has 0 N–H and O–H groups in total. The maximum Gasteiger partial charge on any atom is 0.273 e. The second-order valence-electron chi connectivity index (χ2n) is 7.86. The molecule has 172 valence electrons. The molecule has 0 saturated heterocycles. The molecule has 0 saturated carbocycles. The Labute approximate surface area is 201 Å². The number of amides is 1. The summed E-state index contributed by atoms with van der Waals surface area (Å²) in [7, 11) is 0. The van der Waals surface area contributed by atoms with Gasteiger partial charge in [-0.1, -0.05) is 24.3 Å². The first-order valence-electron chi connectivity index (χ1n) is 10.9. The van der Waals surface area contributed by atoms with E-state index in [0.717, 1.165) is 39.1 Å². The van der Waals surface area contributed by atoms with Crippen molar-refractivity contribution in [2.24, 2.45) is 0 Å². The summed E-state index contributed by atoms with van der Waals surface area (Å²) in [6.07, 6.45) is 1.73. The fourth-order valence-corrected chi connectivity index (χ4v) is 4.25. The second-order valence-corrected chi connectivity index (χ2v) is 8.92. The number of hydrogen-bond acceptors (Lipinski definition) is 7. The van der Waals surface area contributed by atoms with Crippen LogP contribution >= 0.6 is 11.3 Å². The van der Waals surface area contributed by atoms with Gasteiger partial charge < -0.3 is 19.1 Å². The first kappa shape index (κ1) is 21.9. The zero-order valence-corrected chi connectivity index (χ0v) is 19.5. The molecule has 1 amide bonds. The molecule has 1 aliphatic rings. The topological polar surface area (TPSA) is 73.8 Å². The van der Waals surface area contributed by atoms with Crippen molar-refractivity contribution in [1.29, 1.82) is 0 Å². The van der Waals surface area contributed by atoms with Crippen LogP contribution in [0.1, 0.15) is 32.3 Å². The first-order valence-corrected chi connectivity index (χ1v) is 11.7. The summed E-state index contributed by atoms with van der Waals surface area (Å²) in [5.41, 5.74) is 3.21. The highest BCUT2D eigenvalue weighted by Crippen LogP contribution is 2.32. The van der Waals surface area contributed by atoms with Crippen molar-refractivity contribution < 1.29 is 19.0 Å². The Morgan fingerprint density at radius 3 is 2.76 bits per heavy atom. The molecule has 3 heterocycles. The predicted octanol–water partition coefficient (Wildman–Crippen LogP) is 5.00. The van der Waals surface area contributed by atoms with Gasteiger partial charge in [-0.2, -0.15) is 0 Å². The lowest BCUT2D eigenvalue weighted by Crippen LogP contribution is -2.30. The van der Waals surface area contributed by atoms with Crippen molar-refractivity contribution in [3.63, 3.8) is 0 Å². The van der Waals surface area contributed by atoms with E-state index >= 15 is 0 Å². The average Bonchev–Trinajstić information content (AvgIpc) is 3.51. The van der Waals surface area contributed by atoms with Gasteiger partial charge in [0.05, 0.1) is 17.2 Å². The Morgan fingerprint density at radius 1 is 1.03 bits per heavy atom. The summed E-state index contributed by atoms with van der Waals surface area (Å²) in [6.45, 7) is 3.34. The number of carbonyl (C=O) groups is 1. The number of thiazole rings is 1. The fourth-order valence-electron chi connectivity index (χ4n) is 3.66. The van der Waals surface area contributed by atoms with Crippen LogP contribution in [-0.2, 0) is 19.7 Å². The standard InChI is InChI=1S/C26H23N3O4S/c1-18-28-23(16-34-18)26(30)29(14-21-6-2-3-10-27-21)13-19-5-4-7-22(11-19)31-15-20-8-9-24-25(12-20)33-17-32-24/h2-12,16H,13-15,17H2,1H3. The number of aromatic nitrogens is 2. The largest absolute Gasteiger partial charge is 0.489 e. The smallest absolute Gasteiger partial charge is 0.273 e. The number of ether oxygens (including phenoxy) is 3. The molecule has 2 aromatic carbocycles. The molecule has 0 unspecified atom stereocenters. The van der Waals surface area contributed by atoms with Crippen LogP contribution in [0.5, 0.6) is 17.2 Å². The summed E-state index contributed by atoms with van der Waals surface area (Å²) in [5.74, 6) is 2.08. The van der Waals surface area contributed by atoms with Crippen molar-refractivity contribution >= 4 is 17.2 Å². The van der Waals surface area contributed by atoms with Crippen molar-refractivity contribution in [3.8, 4) is 17.2 Å². The molecule has 7 nitrogen and oxygen atoms in total. The van der Waals surface area contributed by atoms with E-state index in [1.807, 2.05) is 67.6 Å². The highest BCUT2D eigenvalue weighted by molar-refractivity contribution is 7.09. The highest BCUT2D eigenvalue weighted by atomic mass is 32.1. The Bertz CT molecular complexity index is 1290. The van der Waals surface area contributed by atoms with Gasteiger partial charge in [-0.15, -0.1) is 11.3 Å². The number of fused-ring (bicyclic) bond motifs is 1. The molecule has 34 heavy (non-hydrogen) atoms. The van der Waals surface area contributed by atoms with Gasteiger partial charge in [0.15, 0.2) is 11.5 Å². The van der Waals surface area contributed by atoms with Gasteiger partial charge in [-0.3, -0.25) is 9.78 Å². The average molecular weight is 474 g/mol. The first-order chi connectivity index (χ1) is 16.6.